The smallest absolute Gasteiger partial charge is 0.287 e. The van der Waals surface area contributed by atoms with Crippen LogP contribution >= 0.6 is 15.9 Å². The number of halogens is 5. The van der Waals surface area contributed by atoms with Gasteiger partial charge in [0, 0.05) is 22.0 Å². The van der Waals surface area contributed by atoms with E-state index >= 15 is 0 Å². The number of benzene rings is 2. The van der Waals surface area contributed by atoms with Crippen molar-refractivity contribution in [2.45, 2.75) is 31.6 Å². The molecule has 6 nitrogen and oxygen atoms in total. The molecule has 0 fully saturated rings. The molecule has 2 aromatic carbocycles. The third-order valence-corrected chi connectivity index (χ3v) is 5.09. The predicted molar refractivity (Wildman–Crippen MR) is 107 cm³/mol. The standard InChI is InChI=1S/C20H17BrF4N2O4/c1-30-16-7-2-11(8-12(16)10-31-14-5-3-13(21)4-6-14)18(28)27-20(29,19(24)25)9-15(26-27)17(22)23/h2-8,17,19,29H,9-10H2,1H3. The van der Waals surface area contributed by atoms with Gasteiger partial charge in [-0.15, -0.1) is 0 Å². The Bertz CT molecular complexity index is 988. The molecule has 1 heterocycles. The molecule has 0 aromatic heterocycles. The Morgan fingerprint density at radius 2 is 1.90 bits per heavy atom. The van der Waals surface area contributed by atoms with Crippen molar-refractivity contribution in [2.24, 2.45) is 5.10 Å². The maximum atomic E-state index is 13.4. The summed E-state index contributed by atoms with van der Waals surface area (Å²) in [4.78, 5) is 12.8. The second-order valence-electron chi connectivity index (χ2n) is 6.63. The predicted octanol–water partition coefficient (Wildman–Crippen LogP) is 4.46. The summed E-state index contributed by atoms with van der Waals surface area (Å²) in [7, 11) is 1.40. The summed E-state index contributed by atoms with van der Waals surface area (Å²) in [5.74, 6) is -0.276. The molecule has 2 aromatic rings. The van der Waals surface area contributed by atoms with Crippen molar-refractivity contribution in [2.75, 3.05) is 7.11 Å². The Morgan fingerprint density at radius 1 is 1.23 bits per heavy atom. The Morgan fingerprint density at radius 3 is 2.48 bits per heavy atom. The summed E-state index contributed by atoms with van der Waals surface area (Å²) in [6.45, 7) is -0.0312. The molecule has 0 saturated heterocycles. The molecular weight excluding hydrogens is 488 g/mol. The Balaban J connectivity index is 1.88. The van der Waals surface area contributed by atoms with Crippen LogP contribution in [0.25, 0.3) is 0 Å². The first-order valence-corrected chi connectivity index (χ1v) is 9.71. The number of hydrogen-bond donors (Lipinski definition) is 1. The summed E-state index contributed by atoms with van der Waals surface area (Å²) >= 11 is 3.31. The molecule has 166 valence electrons. The molecule has 1 atom stereocenters. The molecule has 0 spiro atoms. The zero-order valence-electron chi connectivity index (χ0n) is 16.1. The number of ether oxygens (including phenoxy) is 2. The highest BCUT2D eigenvalue weighted by molar-refractivity contribution is 9.10. The second-order valence-corrected chi connectivity index (χ2v) is 7.55. The number of methoxy groups -OCH3 is 1. The molecule has 11 heteroatoms. The normalized spacial score (nSPS) is 18.5. The van der Waals surface area contributed by atoms with Gasteiger partial charge < -0.3 is 14.6 Å². The second kappa shape index (κ2) is 9.23. The molecule has 3 rings (SSSR count). The highest BCUT2D eigenvalue weighted by Gasteiger charge is 2.53. The Hall–Kier alpha value is -2.66. The van der Waals surface area contributed by atoms with Crippen LogP contribution in [0.15, 0.2) is 52.0 Å². The first-order valence-electron chi connectivity index (χ1n) is 8.91. The fourth-order valence-electron chi connectivity index (χ4n) is 2.94. The largest absolute Gasteiger partial charge is 0.496 e. The summed E-state index contributed by atoms with van der Waals surface area (Å²) in [6, 6.07) is 10.9. The molecule has 1 N–H and O–H groups in total. The van der Waals surface area contributed by atoms with Crippen LogP contribution in [0.1, 0.15) is 22.3 Å². The minimum Gasteiger partial charge on any atom is -0.496 e. The van der Waals surface area contributed by atoms with E-state index in [1.807, 2.05) is 0 Å². The van der Waals surface area contributed by atoms with Crippen LogP contribution < -0.4 is 9.47 Å². The van der Waals surface area contributed by atoms with Crippen molar-refractivity contribution in [3.63, 3.8) is 0 Å². The molecule has 1 aliphatic heterocycles. The number of nitrogens with zero attached hydrogens (tertiary/aromatic N) is 2. The van der Waals surface area contributed by atoms with E-state index in [0.717, 1.165) is 4.47 Å². The average molecular weight is 505 g/mol. The number of hydrogen-bond acceptors (Lipinski definition) is 5. The average Bonchev–Trinajstić information content (AvgIpc) is 3.12. The van der Waals surface area contributed by atoms with E-state index < -0.39 is 36.6 Å². The van der Waals surface area contributed by atoms with Crippen molar-refractivity contribution in [3.05, 3.63) is 58.1 Å². The first-order chi connectivity index (χ1) is 14.7. The van der Waals surface area contributed by atoms with Gasteiger partial charge in [0.05, 0.1) is 7.11 Å². The molecule has 0 aliphatic carbocycles. The summed E-state index contributed by atoms with van der Waals surface area (Å²) < 4.78 is 64.5. The lowest BCUT2D eigenvalue weighted by Gasteiger charge is -2.30. The quantitative estimate of drug-likeness (QED) is 0.565. The van der Waals surface area contributed by atoms with Crippen LogP contribution in [0.2, 0.25) is 0 Å². The van der Waals surface area contributed by atoms with Gasteiger partial charge in [0.2, 0.25) is 5.72 Å². The fourth-order valence-corrected chi connectivity index (χ4v) is 3.21. The lowest BCUT2D eigenvalue weighted by Crippen LogP contribution is -2.51. The molecular formula is C20H17BrF4N2O4. The van der Waals surface area contributed by atoms with Crippen molar-refractivity contribution in [3.8, 4) is 11.5 Å². The molecule has 1 amide bonds. The SMILES string of the molecule is COc1ccc(C(=O)N2N=C(C(F)F)CC2(O)C(F)F)cc1COc1ccc(Br)cc1. The van der Waals surface area contributed by atoms with Crippen LogP contribution in [-0.4, -0.2) is 47.4 Å². The van der Waals surface area contributed by atoms with E-state index in [1.54, 1.807) is 24.3 Å². The van der Waals surface area contributed by atoms with E-state index in [9.17, 15) is 27.5 Å². The minimum absolute atomic E-state index is 0.0142. The monoisotopic (exact) mass is 504 g/mol. The molecule has 1 aliphatic rings. The number of carbonyl (C=O) groups is 1. The molecule has 0 radical (unpaired) electrons. The fraction of sp³-hybridized carbons (Fsp3) is 0.300. The first kappa shape index (κ1) is 23.0. The van der Waals surface area contributed by atoms with Gasteiger partial charge in [0.15, 0.2) is 0 Å². The number of rotatable bonds is 7. The van der Waals surface area contributed by atoms with Crippen molar-refractivity contribution < 1.29 is 36.9 Å². The molecule has 0 bridgehead atoms. The topological polar surface area (TPSA) is 71.4 Å². The van der Waals surface area contributed by atoms with Crippen LogP contribution in [-0.2, 0) is 6.61 Å². The van der Waals surface area contributed by atoms with Crippen molar-refractivity contribution in [1.29, 1.82) is 0 Å². The van der Waals surface area contributed by atoms with Gasteiger partial charge in [0.1, 0.15) is 23.8 Å². The summed E-state index contributed by atoms with van der Waals surface area (Å²) in [6.07, 6.45) is -7.84. The highest BCUT2D eigenvalue weighted by Crippen LogP contribution is 2.35. The number of hydrazone groups is 1. The van der Waals surface area contributed by atoms with Gasteiger partial charge in [-0.3, -0.25) is 4.79 Å². The zero-order chi connectivity index (χ0) is 22.8. The zero-order valence-corrected chi connectivity index (χ0v) is 17.7. The van der Waals surface area contributed by atoms with Crippen LogP contribution in [0.4, 0.5) is 17.6 Å². The lowest BCUT2D eigenvalue weighted by molar-refractivity contribution is -0.164. The molecule has 1 unspecified atom stereocenters. The minimum atomic E-state index is -3.50. The van der Waals surface area contributed by atoms with E-state index in [0.29, 0.717) is 17.1 Å². The van der Waals surface area contributed by atoms with Gasteiger partial charge in [-0.05, 0) is 42.5 Å². The number of carbonyl (C=O) groups excluding carboxylic acids is 1. The van der Waals surface area contributed by atoms with Gasteiger partial charge in [-0.25, -0.2) is 17.6 Å². The number of amides is 1. The molecule has 31 heavy (non-hydrogen) atoms. The van der Waals surface area contributed by atoms with Crippen molar-refractivity contribution >= 4 is 27.5 Å². The van der Waals surface area contributed by atoms with E-state index in [-0.39, 0.29) is 17.2 Å². The maximum absolute atomic E-state index is 13.4. The number of aliphatic hydroxyl groups is 1. The lowest BCUT2D eigenvalue weighted by atomic mass is 10.1. The number of alkyl halides is 4. The van der Waals surface area contributed by atoms with Crippen LogP contribution in [0.3, 0.4) is 0 Å². The van der Waals surface area contributed by atoms with Crippen LogP contribution in [0.5, 0.6) is 11.5 Å². The van der Waals surface area contributed by atoms with Crippen molar-refractivity contribution in [1.82, 2.24) is 5.01 Å². The van der Waals surface area contributed by atoms with Gasteiger partial charge in [0.25, 0.3) is 18.8 Å². The Kier molecular flexibility index (Phi) is 6.85. The van der Waals surface area contributed by atoms with Gasteiger partial charge in [-0.2, -0.15) is 10.1 Å². The summed E-state index contributed by atoms with van der Waals surface area (Å²) in [5.41, 5.74) is -3.91. The summed E-state index contributed by atoms with van der Waals surface area (Å²) in [5, 5.41) is 13.5. The maximum Gasteiger partial charge on any atom is 0.287 e. The highest BCUT2D eigenvalue weighted by atomic mass is 79.9. The third kappa shape index (κ3) is 4.82. The van der Waals surface area contributed by atoms with E-state index in [1.165, 1.54) is 25.3 Å². The van der Waals surface area contributed by atoms with E-state index in [2.05, 4.69) is 21.0 Å². The molecule has 0 saturated carbocycles. The van der Waals surface area contributed by atoms with E-state index in [4.69, 9.17) is 9.47 Å². The van der Waals surface area contributed by atoms with Gasteiger partial charge >= 0.3 is 0 Å². The van der Waals surface area contributed by atoms with Crippen LogP contribution in [0, 0.1) is 0 Å². The third-order valence-electron chi connectivity index (χ3n) is 4.57. The Labute approximate surface area is 183 Å². The van der Waals surface area contributed by atoms with Gasteiger partial charge in [-0.1, -0.05) is 15.9 Å².